The Bertz CT molecular complexity index is 849. The summed E-state index contributed by atoms with van der Waals surface area (Å²) in [6.07, 6.45) is 0. The van der Waals surface area contributed by atoms with E-state index in [1.54, 1.807) is 18.2 Å². The number of hydrogen-bond acceptors (Lipinski definition) is 4. The number of aromatic nitrogens is 1. The molecule has 0 radical (unpaired) electrons. The average molecular weight is 328 g/mol. The Hall–Kier alpha value is -2.30. The quantitative estimate of drug-likeness (QED) is 0.677. The molecule has 4 nitrogen and oxygen atoms in total. The number of halogens is 1. The molecule has 5 heteroatoms. The number of para-hydroxylation sites is 1. The third-order valence-corrected chi connectivity index (χ3v) is 3.80. The summed E-state index contributed by atoms with van der Waals surface area (Å²) < 4.78 is 0. The molecule has 0 saturated heterocycles. The fourth-order valence-electron chi connectivity index (χ4n) is 2.44. The molecule has 0 amide bonds. The molecule has 0 spiro atoms. The number of fused-ring (bicyclic) bond motifs is 1. The van der Waals surface area contributed by atoms with Crippen molar-refractivity contribution in [2.24, 2.45) is 5.73 Å². The maximum Gasteiger partial charge on any atom is 0.125 e. The highest BCUT2D eigenvalue weighted by molar-refractivity contribution is 6.31. The van der Waals surface area contributed by atoms with Crippen molar-refractivity contribution < 1.29 is 5.11 Å². The SMILES string of the molecule is C[C@@H](N)CNc1cc(-c2cc(Cl)ccc2O)nc2ccccc12. The first-order valence-electron chi connectivity index (χ1n) is 7.43. The molecule has 0 fully saturated rings. The topological polar surface area (TPSA) is 71.2 Å². The molecular weight excluding hydrogens is 310 g/mol. The van der Waals surface area contributed by atoms with Gasteiger partial charge in [0, 0.05) is 34.2 Å². The van der Waals surface area contributed by atoms with Crippen molar-refractivity contribution in [3.63, 3.8) is 0 Å². The number of phenolic OH excluding ortho intramolecular Hbond substituents is 1. The van der Waals surface area contributed by atoms with Gasteiger partial charge in [0.1, 0.15) is 5.75 Å². The van der Waals surface area contributed by atoms with Gasteiger partial charge in [0.15, 0.2) is 0 Å². The van der Waals surface area contributed by atoms with Crippen molar-refractivity contribution in [2.75, 3.05) is 11.9 Å². The van der Waals surface area contributed by atoms with Crippen LogP contribution < -0.4 is 11.1 Å². The first-order valence-corrected chi connectivity index (χ1v) is 7.80. The minimum atomic E-state index is 0.0324. The van der Waals surface area contributed by atoms with Gasteiger partial charge in [-0.05, 0) is 37.3 Å². The van der Waals surface area contributed by atoms with Crippen LogP contribution >= 0.6 is 11.6 Å². The van der Waals surface area contributed by atoms with E-state index in [2.05, 4.69) is 10.3 Å². The molecule has 1 heterocycles. The molecule has 4 N–H and O–H groups in total. The van der Waals surface area contributed by atoms with E-state index in [-0.39, 0.29) is 11.8 Å². The Labute approximate surface area is 139 Å². The van der Waals surface area contributed by atoms with E-state index in [1.165, 1.54) is 0 Å². The first-order chi connectivity index (χ1) is 11.0. The Balaban J connectivity index is 2.16. The smallest absolute Gasteiger partial charge is 0.125 e. The third kappa shape index (κ3) is 3.38. The number of nitrogens with two attached hydrogens (primary N) is 1. The molecule has 2 aromatic carbocycles. The highest BCUT2D eigenvalue weighted by Crippen LogP contribution is 2.34. The summed E-state index contributed by atoms with van der Waals surface area (Å²) in [5.74, 6) is 0.148. The maximum atomic E-state index is 10.1. The predicted molar refractivity (Wildman–Crippen MR) is 96.0 cm³/mol. The monoisotopic (exact) mass is 327 g/mol. The van der Waals surface area contributed by atoms with Crippen LogP contribution in [0.3, 0.4) is 0 Å². The number of nitrogens with one attached hydrogen (secondary N) is 1. The fourth-order valence-corrected chi connectivity index (χ4v) is 2.62. The Morgan fingerprint density at radius 2 is 2.00 bits per heavy atom. The molecule has 0 aliphatic carbocycles. The van der Waals surface area contributed by atoms with Gasteiger partial charge in [-0.3, -0.25) is 0 Å². The molecule has 23 heavy (non-hydrogen) atoms. The van der Waals surface area contributed by atoms with Crippen molar-refractivity contribution >= 4 is 28.2 Å². The molecule has 0 saturated carbocycles. The Kier molecular flexibility index (Phi) is 4.37. The zero-order chi connectivity index (χ0) is 16.4. The van der Waals surface area contributed by atoms with Gasteiger partial charge in [0.05, 0.1) is 11.2 Å². The number of aromatic hydroxyl groups is 1. The zero-order valence-corrected chi connectivity index (χ0v) is 13.5. The maximum absolute atomic E-state index is 10.1. The van der Waals surface area contributed by atoms with Gasteiger partial charge in [-0.1, -0.05) is 29.8 Å². The highest BCUT2D eigenvalue weighted by atomic mass is 35.5. The lowest BCUT2D eigenvalue weighted by atomic mass is 10.1. The van der Waals surface area contributed by atoms with E-state index < -0.39 is 0 Å². The molecule has 3 aromatic rings. The van der Waals surface area contributed by atoms with Crippen LogP contribution in [0.2, 0.25) is 5.02 Å². The van der Waals surface area contributed by atoms with Crippen LogP contribution in [0.5, 0.6) is 5.75 Å². The number of rotatable bonds is 4. The van der Waals surface area contributed by atoms with Gasteiger partial charge < -0.3 is 16.2 Å². The molecule has 0 aliphatic heterocycles. The van der Waals surface area contributed by atoms with E-state index in [4.69, 9.17) is 17.3 Å². The van der Waals surface area contributed by atoms with Crippen LogP contribution in [0.1, 0.15) is 6.92 Å². The van der Waals surface area contributed by atoms with Crippen LogP contribution in [0.15, 0.2) is 48.5 Å². The molecule has 0 aliphatic rings. The summed E-state index contributed by atoms with van der Waals surface area (Å²) in [6, 6.07) is 14.7. The van der Waals surface area contributed by atoms with Gasteiger partial charge in [0.25, 0.3) is 0 Å². The minimum Gasteiger partial charge on any atom is -0.507 e. The number of anilines is 1. The first kappa shape index (κ1) is 15.6. The highest BCUT2D eigenvalue weighted by Gasteiger charge is 2.11. The number of benzene rings is 2. The van der Waals surface area contributed by atoms with Crippen LogP contribution in [0.4, 0.5) is 5.69 Å². The van der Waals surface area contributed by atoms with Gasteiger partial charge in [-0.15, -0.1) is 0 Å². The second kappa shape index (κ2) is 6.44. The number of pyridine rings is 1. The van der Waals surface area contributed by atoms with E-state index in [0.29, 0.717) is 22.8 Å². The summed E-state index contributed by atoms with van der Waals surface area (Å²) >= 11 is 6.06. The molecule has 0 bridgehead atoms. The zero-order valence-electron chi connectivity index (χ0n) is 12.8. The van der Waals surface area contributed by atoms with Crippen LogP contribution in [0.25, 0.3) is 22.2 Å². The third-order valence-electron chi connectivity index (χ3n) is 3.57. The molecule has 3 rings (SSSR count). The number of hydrogen-bond donors (Lipinski definition) is 3. The fraction of sp³-hybridized carbons (Fsp3) is 0.167. The number of nitrogens with zero attached hydrogens (tertiary/aromatic N) is 1. The van der Waals surface area contributed by atoms with Gasteiger partial charge in [0.2, 0.25) is 0 Å². The van der Waals surface area contributed by atoms with Crippen LogP contribution in [-0.2, 0) is 0 Å². The molecule has 1 atom stereocenters. The lowest BCUT2D eigenvalue weighted by Crippen LogP contribution is -2.25. The van der Waals surface area contributed by atoms with Crippen molar-refractivity contribution in [2.45, 2.75) is 13.0 Å². The summed E-state index contributed by atoms with van der Waals surface area (Å²) in [7, 11) is 0. The summed E-state index contributed by atoms with van der Waals surface area (Å²) in [6.45, 7) is 2.59. The molecular formula is C18H18ClN3O. The van der Waals surface area contributed by atoms with Crippen LogP contribution in [-0.4, -0.2) is 22.7 Å². The van der Waals surface area contributed by atoms with Crippen molar-refractivity contribution in [3.05, 3.63) is 53.6 Å². The van der Waals surface area contributed by atoms with E-state index >= 15 is 0 Å². The molecule has 118 valence electrons. The number of phenols is 1. The minimum absolute atomic E-state index is 0.0324. The lowest BCUT2D eigenvalue weighted by molar-refractivity contribution is 0.477. The average Bonchev–Trinajstić information content (AvgIpc) is 2.54. The lowest BCUT2D eigenvalue weighted by Gasteiger charge is -2.14. The largest absolute Gasteiger partial charge is 0.507 e. The van der Waals surface area contributed by atoms with E-state index in [0.717, 1.165) is 16.6 Å². The van der Waals surface area contributed by atoms with Gasteiger partial charge in [-0.2, -0.15) is 0 Å². The van der Waals surface area contributed by atoms with Gasteiger partial charge in [-0.25, -0.2) is 4.98 Å². The van der Waals surface area contributed by atoms with Crippen LogP contribution in [0, 0.1) is 0 Å². The summed E-state index contributed by atoms with van der Waals surface area (Å²) in [4.78, 5) is 4.65. The Morgan fingerprint density at radius 3 is 2.78 bits per heavy atom. The summed E-state index contributed by atoms with van der Waals surface area (Å²) in [5.41, 5.74) is 8.89. The molecule has 1 aromatic heterocycles. The van der Waals surface area contributed by atoms with Crippen molar-refractivity contribution in [3.8, 4) is 17.0 Å². The second-order valence-electron chi connectivity index (χ2n) is 5.59. The second-order valence-corrected chi connectivity index (χ2v) is 6.03. The summed E-state index contributed by atoms with van der Waals surface area (Å²) in [5, 5.41) is 15.0. The normalized spacial score (nSPS) is 12.3. The van der Waals surface area contributed by atoms with E-state index in [1.807, 2.05) is 37.3 Å². The standard InChI is InChI=1S/C18H18ClN3O/c1-11(20)10-21-16-9-17(14-8-12(19)6-7-18(14)23)22-15-5-3-2-4-13(15)16/h2-9,11,23H,10,20H2,1H3,(H,21,22)/t11-/m1/s1. The van der Waals surface area contributed by atoms with E-state index in [9.17, 15) is 5.11 Å². The predicted octanol–water partition coefficient (Wildman–Crippen LogP) is 4.02. The van der Waals surface area contributed by atoms with Gasteiger partial charge >= 0.3 is 0 Å². The molecule has 0 unspecified atom stereocenters. The Morgan fingerprint density at radius 1 is 1.22 bits per heavy atom. The van der Waals surface area contributed by atoms with Crippen molar-refractivity contribution in [1.29, 1.82) is 0 Å². The van der Waals surface area contributed by atoms with Crippen molar-refractivity contribution in [1.82, 2.24) is 4.98 Å².